The Morgan fingerprint density at radius 2 is 2.05 bits per heavy atom. The van der Waals surface area contributed by atoms with E-state index in [0.717, 1.165) is 18.9 Å². The van der Waals surface area contributed by atoms with Gasteiger partial charge >= 0.3 is 0 Å². The number of hydrogen-bond acceptors (Lipinski definition) is 4. The summed E-state index contributed by atoms with van der Waals surface area (Å²) in [7, 11) is 0. The van der Waals surface area contributed by atoms with Crippen molar-refractivity contribution >= 4 is 11.6 Å². The van der Waals surface area contributed by atoms with Crippen molar-refractivity contribution in [3.8, 4) is 0 Å². The zero-order valence-corrected chi connectivity index (χ0v) is 11.9. The van der Waals surface area contributed by atoms with Crippen LogP contribution in [-0.4, -0.2) is 35.8 Å². The third kappa shape index (κ3) is 3.17. The summed E-state index contributed by atoms with van der Waals surface area (Å²) in [6, 6.07) is 0.876. The summed E-state index contributed by atoms with van der Waals surface area (Å²) in [5.74, 6) is -0.803. The number of aliphatic hydroxyl groups is 1. The lowest BCUT2D eigenvalue weighted by Crippen LogP contribution is -2.38. The first kappa shape index (κ1) is 15.0. The maximum Gasteiger partial charge on any atom is 0.168 e. The summed E-state index contributed by atoms with van der Waals surface area (Å²) in [5, 5.41) is 12.4. The predicted molar refractivity (Wildman–Crippen MR) is 74.9 cm³/mol. The highest BCUT2D eigenvalue weighted by Gasteiger charge is 2.25. The van der Waals surface area contributed by atoms with E-state index in [4.69, 9.17) is 0 Å². The molecule has 4 nitrogen and oxygen atoms in total. The maximum absolute atomic E-state index is 13.9. The summed E-state index contributed by atoms with van der Waals surface area (Å²) in [6.07, 6.45) is 1.22. The van der Waals surface area contributed by atoms with Gasteiger partial charge in [0.1, 0.15) is 0 Å². The third-order valence-corrected chi connectivity index (χ3v) is 3.78. The minimum atomic E-state index is -0.674. The average Bonchev–Trinajstić information content (AvgIpc) is 2.42. The number of aromatic nitrogens is 1. The van der Waals surface area contributed by atoms with Gasteiger partial charge in [0, 0.05) is 25.7 Å². The van der Waals surface area contributed by atoms with Crippen LogP contribution in [-0.2, 0) is 0 Å². The van der Waals surface area contributed by atoms with Crippen LogP contribution in [0.3, 0.4) is 0 Å². The van der Waals surface area contributed by atoms with Crippen LogP contribution in [0.2, 0.25) is 0 Å². The molecule has 2 N–H and O–H groups in total. The molecular formula is C14H21F2N3O. The number of rotatable bonds is 4. The number of nitrogens with one attached hydrogen (secondary N) is 1. The SMILES string of the molecule is CCNc1nc(N2CCC(C(C)O)CC2)c(F)cc1F. The molecule has 1 aromatic heterocycles. The number of piperidine rings is 1. The van der Waals surface area contributed by atoms with Crippen molar-refractivity contribution in [2.24, 2.45) is 5.92 Å². The molecule has 0 aromatic carbocycles. The summed E-state index contributed by atoms with van der Waals surface area (Å²) in [6.45, 7) is 5.38. The molecule has 1 aliphatic rings. The van der Waals surface area contributed by atoms with Crippen molar-refractivity contribution in [1.29, 1.82) is 0 Å². The zero-order valence-electron chi connectivity index (χ0n) is 11.9. The fourth-order valence-electron chi connectivity index (χ4n) is 2.56. The number of halogens is 2. The molecule has 2 rings (SSSR count). The second kappa shape index (κ2) is 6.35. The summed E-state index contributed by atoms with van der Waals surface area (Å²) < 4.78 is 27.4. The minimum absolute atomic E-state index is 0.0848. The monoisotopic (exact) mass is 285 g/mol. The highest BCUT2D eigenvalue weighted by molar-refractivity contribution is 5.49. The number of anilines is 2. The van der Waals surface area contributed by atoms with Gasteiger partial charge in [0.25, 0.3) is 0 Å². The molecular weight excluding hydrogens is 264 g/mol. The van der Waals surface area contributed by atoms with E-state index in [2.05, 4.69) is 10.3 Å². The molecule has 2 heterocycles. The molecule has 112 valence electrons. The van der Waals surface area contributed by atoms with E-state index in [0.29, 0.717) is 19.6 Å². The molecule has 1 aliphatic heterocycles. The number of pyridine rings is 1. The molecule has 0 spiro atoms. The van der Waals surface area contributed by atoms with Crippen molar-refractivity contribution in [2.75, 3.05) is 29.9 Å². The van der Waals surface area contributed by atoms with Crippen molar-refractivity contribution in [3.63, 3.8) is 0 Å². The Labute approximate surface area is 117 Å². The Kier molecular flexibility index (Phi) is 4.75. The lowest BCUT2D eigenvalue weighted by atomic mass is 9.92. The van der Waals surface area contributed by atoms with Crippen LogP contribution < -0.4 is 10.2 Å². The smallest absolute Gasteiger partial charge is 0.168 e. The molecule has 6 heteroatoms. The number of aliphatic hydroxyl groups excluding tert-OH is 1. The molecule has 1 aromatic rings. The Bertz CT molecular complexity index is 460. The molecule has 20 heavy (non-hydrogen) atoms. The Morgan fingerprint density at radius 3 is 2.60 bits per heavy atom. The molecule has 0 aliphatic carbocycles. The summed E-state index contributed by atoms with van der Waals surface area (Å²) in [4.78, 5) is 5.87. The van der Waals surface area contributed by atoms with Crippen molar-refractivity contribution in [1.82, 2.24) is 4.98 Å². The van der Waals surface area contributed by atoms with Crippen molar-refractivity contribution in [2.45, 2.75) is 32.8 Å². The first-order valence-electron chi connectivity index (χ1n) is 7.05. The van der Waals surface area contributed by atoms with Crippen LogP contribution in [0.15, 0.2) is 6.07 Å². The molecule has 1 unspecified atom stereocenters. The zero-order chi connectivity index (χ0) is 14.7. The van der Waals surface area contributed by atoms with Crippen LogP contribution in [0, 0.1) is 17.6 Å². The quantitative estimate of drug-likeness (QED) is 0.892. The Balaban J connectivity index is 2.15. The van der Waals surface area contributed by atoms with Gasteiger partial charge < -0.3 is 15.3 Å². The molecule has 1 atom stereocenters. The Hall–Kier alpha value is -1.43. The van der Waals surface area contributed by atoms with Gasteiger partial charge in [0.2, 0.25) is 0 Å². The molecule has 0 bridgehead atoms. The molecule has 0 amide bonds. The van der Waals surface area contributed by atoms with Crippen LogP contribution in [0.25, 0.3) is 0 Å². The van der Waals surface area contributed by atoms with E-state index in [1.54, 1.807) is 6.92 Å². The molecule has 0 saturated carbocycles. The fourth-order valence-corrected chi connectivity index (χ4v) is 2.56. The van der Waals surface area contributed by atoms with Gasteiger partial charge in [-0.25, -0.2) is 13.8 Å². The first-order chi connectivity index (χ1) is 9.52. The molecule has 1 fully saturated rings. The highest BCUT2D eigenvalue weighted by Crippen LogP contribution is 2.28. The van der Waals surface area contributed by atoms with Crippen LogP contribution >= 0.6 is 0 Å². The normalized spacial score (nSPS) is 18.1. The van der Waals surface area contributed by atoms with Crippen molar-refractivity contribution < 1.29 is 13.9 Å². The number of hydrogen-bond donors (Lipinski definition) is 2. The van der Waals surface area contributed by atoms with E-state index >= 15 is 0 Å². The number of nitrogens with zero attached hydrogens (tertiary/aromatic N) is 2. The van der Waals surface area contributed by atoms with Gasteiger partial charge in [-0.05, 0) is 32.6 Å². The second-order valence-electron chi connectivity index (χ2n) is 5.22. The van der Waals surface area contributed by atoms with Gasteiger partial charge in [0.15, 0.2) is 23.3 Å². The summed E-state index contributed by atoms with van der Waals surface area (Å²) in [5.41, 5.74) is 0. The van der Waals surface area contributed by atoms with E-state index < -0.39 is 11.6 Å². The lowest BCUT2D eigenvalue weighted by molar-refractivity contribution is 0.109. The van der Waals surface area contributed by atoms with Gasteiger partial charge in [-0.1, -0.05) is 0 Å². The lowest BCUT2D eigenvalue weighted by Gasteiger charge is -2.34. The minimum Gasteiger partial charge on any atom is -0.393 e. The topological polar surface area (TPSA) is 48.4 Å². The van der Waals surface area contributed by atoms with E-state index in [1.807, 2.05) is 11.8 Å². The van der Waals surface area contributed by atoms with Gasteiger partial charge in [-0.2, -0.15) is 0 Å². The first-order valence-corrected chi connectivity index (χ1v) is 7.05. The van der Waals surface area contributed by atoms with E-state index in [1.165, 1.54) is 0 Å². The summed E-state index contributed by atoms with van der Waals surface area (Å²) >= 11 is 0. The van der Waals surface area contributed by atoms with Crippen LogP contribution in [0.4, 0.5) is 20.4 Å². The highest BCUT2D eigenvalue weighted by atomic mass is 19.1. The predicted octanol–water partition coefficient (Wildman–Crippen LogP) is 2.39. The average molecular weight is 285 g/mol. The van der Waals surface area contributed by atoms with Crippen LogP contribution in [0.5, 0.6) is 0 Å². The van der Waals surface area contributed by atoms with E-state index in [9.17, 15) is 13.9 Å². The second-order valence-corrected chi connectivity index (χ2v) is 5.22. The van der Waals surface area contributed by atoms with Crippen molar-refractivity contribution in [3.05, 3.63) is 17.7 Å². The molecule has 1 saturated heterocycles. The fraction of sp³-hybridized carbons (Fsp3) is 0.643. The molecule has 0 radical (unpaired) electrons. The maximum atomic E-state index is 13.9. The van der Waals surface area contributed by atoms with E-state index in [-0.39, 0.29) is 23.7 Å². The van der Waals surface area contributed by atoms with Gasteiger partial charge in [-0.15, -0.1) is 0 Å². The van der Waals surface area contributed by atoms with Crippen LogP contribution in [0.1, 0.15) is 26.7 Å². The standard InChI is InChI=1S/C14H21F2N3O/c1-3-17-13-11(15)8-12(16)14(18-13)19-6-4-10(5-7-19)9(2)20/h8-10,20H,3-7H2,1-2H3,(H,17,18). The Morgan fingerprint density at radius 1 is 1.40 bits per heavy atom. The largest absolute Gasteiger partial charge is 0.393 e. The van der Waals surface area contributed by atoms with Gasteiger partial charge in [0.05, 0.1) is 6.10 Å². The third-order valence-electron chi connectivity index (χ3n) is 3.78. The van der Waals surface area contributed by atoms with Gasteiger partial charge in [-0.3, -0.25) is 0 Å².